The van der Waals surface area contributed by atoms with Crippen molar-refractivity contribution < 1.29 is 13.2 Å². The molecule has 0 radical (unpaired) electrons. The molecule has 0 bridgehead atoms. The topological polar surface area (TPSA) is 83.7 Å². The summed E-state index contributed by atoms with van der Waals surface area (Å²) in [6.07, 6.45) is 1.11. The number of carbonyl (C=O) groups excluding carboxylic acids is 1. The second kappa shape index (κ2) is 6.67. The van der Waals surface area contributed by atoms with E-state index >= 15 is 0 Å². The van der Waals surface area contributed by atoms with Gasteiger partial charge in [0, 0.05) is 39.0 Å². The summed E-state index contributed by atoms with van der Waals surface area (Å²) in [4.78, 5) is 16.0. The minimum absolute atomic E-state index is 0.283. The first-order chi connectivity index (χ1) is 8.75. The van der Waals surface area contributed by atoms with Gasteiger partial charge in [-0.15, -0.1) is 0 Å². The Labute approximate surface area is 115 Å². The molecule has 1 aliphatic rings. The van der Waals surface area contributed by atoms with Gasteiger partial charge in [0.15, 0.2) is 9.84 Å². The summed E-state index contributed by atoms with van der Waals surface area (Å²) in [7, 11) is -3.31. The maximum atomic E-state index is 12.0. The van der Waals surface area contributed by atoms with Crippen LogP contribution in [0.3, 0.4) is 0 Å². The lowest BCUT2D eigenvalue weighted by Gasteiger charge is -2.36. The molecule has 0 aliphatic carbocycles. The molecule has 1 amide bonds. The summed E-state index contributed by atoms with van der Waals surface area (Å²) in [6.45, 7) is 7.90. The second-order valence-corrected chi connectivity index (χ2v) is 7.80. The predicted octanol–water partition coefficient (Wildman–Crippen LogP) is -0.841. The van der Waals surface area contributed by atoms with E-state index in [9.17, 15) is 13.2 Å². The average molecular weight is 291 g/mol. The second-order valence-electron chi connectivity index (χ2n) is 5.44. The summed E-state index contributed by atoms with van der Waals surface area (Å²) in [5.74, 6) is 0.159. The van der Waals surface area contributed by atoms with E-state index in [2.05, 4.69) is 11.8 Å². The Bertz CT molecular complexity index is 402. The summed E-state index contributed by atoms with van der Waals surface area (Å²) < 4.78 is 22.8. The third-order valence-electron chi connectivity index (χ3n) is 3.65. The summed E-state index contributed by atoms with van der Waals surface area (Å²) in [6, 6.07) is 0. The summed E-state index contributed by atoms with van der Waals surface area (Å²) in [5.41, 5.74) is 5.59. The van der Waals surface area contributed by atoms with Crippen LogP contribution in [0, 0.1) is 5.92 Å². The summed E-state index contributed by atoms with van der Waals surface area (Å²) >= 11 is 0. The van der Waals surface area contributed by atoms with Crippen LogP contribution in [0.2, 0.25) is 0 Å². The average Bonchev–Trinajstić information content (AvgIpc) is 2.36. The standard InChI is InChI=1S/C12H25N3O3S/c1-10(8-13)9-14-4-6-15(7-5-14)12(16)11(2)19(3,17)18/h10-11H,4-9,13H2,1-3H3. The molecule has 2 unspecified atom stereocenters. The zero-order valence-electron chi connectivity index (χ0n) is 12.0. The maximum Gasteiger partial charge on any atom is 0.240 e. The Morgan fingerprint density at radius 1 is 1.21 bits per heavy atom. The zero-order chi connectivity index (χ0) is 14.6. The van der Waals surface area contributed by atoms with Gasteiger partial charge in [0.05, 0.1) is 0 Å². The van der Waals surface area contributed by atoms with Crippen LogP contribution >= 0.6 is 0 Å². The van der Waals surface area contributed by atoms with Gasteiger partial charge in [0.1, 0.15) is 5.25 Å². The van der Waals surface area contributed by atoms with E-state index in [0.717, 1.165) is 25.9 Å². The molecule has 1 heterocycles. The lowest BCUT2D eigenvalue weighted by molar-refractivity contribution is -0.132. The lowest BCUT2D eigenvalue weighted by Crippen LogP contribution is -2.52. The normalized spacial score (nSPS) is 21.2. The van der Waals surface area contributed by atoms with E-state index in [4.69, 9.17) is 5.73 Å². The molecule has 1 fully saturated rings. The van der Waals surface area contributed by atoms with Gasteiger partial charge >= 0.3 is 0 Å². The van der Waals surface area contributed by atoms with Gasteiger partial charge in [0.2, 0.25) is 5.91 Å². The number of carbonyl (C=O) groups is 1. The lowest BCUT2D eigenvalue weighted by atomic mass is 10.1. The number of nitrogens with two attached hydrogens (primary N) is 1. The van der Waals surface area contributed by atoms with E-state index in [1.54, 1.807) is 4.90 Å². The van der Waals surface area contributed by atoms with Crippen molar-refractivity contribution >= 4 is 15.7 Å². The van der Waals surface area contributed by atoms with Crippen molar-refractivity contribution in [2.24, 2.45) is 11.7 Å². The molecule has 0 aromatic carbocycles. The number of rotatable bonds is 5. The highest BCUT2D eigenvalue weighted by molar-refractivity contribution is 7.92. The van der Waals surface area contributed by atoms with Crippen molar-refractivity contribution in [2.75, 3.05) is 45.5 Å². The first kappa shape index (κ1) is 16.4. The third-order valence-corrected chi connectivity index (χ3v) is 5.13. The molecular weight excluding hydrogens is 266 g/mol. The fourth-order valence-electron chi connectivity index (χ4n) is 2.11. The quantitative estimate of drug-likeness (QED) is 0.714. The first-order valence-corrected chi connectivity index (χ1v) is 8.61. The minimum atomic E-state index is -3.31. The van der Waals surface area contributed by atoms with Crippen LogP contribution in [0.1, 0.15) is 13.8 Å². The molecule has 2 N–H and O–H groups in total. The zero-order valence-corrected chi connectivity index (χ0v) is 12.8. The van der Waals surface area contributed by atoms with Gasteiger partial charge in [-0.1, -0.05) is 6.92 Å². The van der Waals surface area contributed by atoms with Gasteiger partial charge in [-0.25, -0.2) is 8.42 Å². The molecule has 112 valence electrons. The molecule has 0 spiro atoms. The van der Waals surface area contributed by atoms with Gasteiger partial charge in [-0.3, -0.25) is 9.69 Å². The highest BCUT2D eigenvalue weighted by Crippen LogP contribution is 2.09. The van der Waals surface area contributed by atoms with Crippen molar-refractivity contribution in [3.05, 3.63) is 0 Å². The third kappa shape index (κ3) is 4.74. The van der Waals surface area contributed by atoms with Gasteiger partial charge in [-0.2, -0.15) is 0 Å². The molecule has 1 rings (SSSR count). The SMILES string of the molecule is CC(CN)CN1CCN(C(=O)C(C)S(C)(=O)=O)CC1. The van der Waals surface area contributed by atoms with Crippen LogP contribution in [0.25, 0.3) is 0 Å². The largest absolute Gasteiger partial charge is 0.339 e. The van der Waals surface area contributed by atoms with E-state index in [1.807, 2.05) is 0 Å². The van der Waals surface area contributed by atoms with E-state index in [-0.39, 0.29) is 5.91 Å². The van der Waals surface area contributed by atoms with E-state index < -0.39 is 15.1 Å². The smallest absolute Gasteiger partial charge is 0.240 e. The van der Waals surface area contributed by atoms with E-state index in [1.165, 1.54) is 6.92 Å². The Morgan fingerprint density at radius 2 is 1.74 bits per heavy atom. The molecular formula is C12H25N3O3S. The molecule has 2 atom stereocenters. The van der Waals surface area contributed by atoms with Crippen molar-refractivity contribution in [1.29, 1.82) is 0 Å². The van der Waals surface area contributed by atoms with Crippen LogP contribution in [0.15, 0.2) is 0 Å². The van der Waals surface area contributed by atoms with Gasteiger partial charge < -0.3 is 10.6 Å². The maximum absolute atomic E-state index is 12.0. The number of sulfone groups is 1. The van der Waals surface area contributed by atoms with Gasteiger partial charge in [0.25, 0.3) is 0 Å². The fraction of sp³-hybridized carbons (Fsp3) is 0.917. The summed E-state index contributed by atoms with van der Waals surface area (Å²) in [5, 5.41) is -0.943. The van der Waals surface area contributed by atoms with Crippen molar-refractivity contribution in [3.63, 3.8) is 0 Å². The molecule has 7 heteroatoms. The van der Waals surface area contributed by atoms with E-state index in [0.29, 0.717) is 25.6 Å². The number of amides is 1. The molecule has 6 nitrogen and oxygen atoms in total. The first-order valence-electron chi connectivity index (χ1n) is 6.65. The Morgan fingerprint density at radius 3 is 2.16 bits per heavy atom. The number of piperazine rings is 1. The van der Waals surface area contributed by atoms with Crippen LogP contribution in [0.5, 0.6) is 0 Å². The molecule has 0 aromatic heterocycles. The van der Waals surface area contributed by atoms with Crippen LogP contribution in [-0.4, -0.2) is 74.9 Å². The molecule has 19 heavy (non-hydrogen) atoms. The number of hydrogen-bond donors (Lipinski definition) is 1. The Kier molecular flexibility index (Phi) is 5.76. The van der Waals surface area contributed by atoms with Crippen LogP contribution in [-0.2, 0) is 14.6 Å². The monoisotopic (exact) mass is 291 g/mol. The Balaban J connectivity index is 2.48. The van der Waals surface area contributed by atoms with Crippen LogP contribution in [0.4, 0.5) is 0 Å². The molecule has 0 saturated carbocycles. The minimum Gasteiger partial charge on any atom is -0.339 e. The molecule has 0 aromatic rings. The molecule has 1 aliphatic heterocycles. The highest BCUT2D eigenvalue weighted by atomic mass is 32.2. The van der Waals surface area contributed by atoms with Crippen LogP contribution < -0.4 is 5.73 Å². The number of nitrogens with zero attached hydrogens (tertiary/aromatic N) is 2. The predicted molar refractivity (Wildman–Crippen MR) is 75.5 cm³/mol. The van der Waals surface area contributed by atoms with Crippen molar-refractivity contribution in [1.82, 2.24) is 9.80 Å². The van der Waals surface area contributed by atoms with Crippen molar-refractivity contribution in [3.8, 4) is 0 Å². The van der Waals surface area contributed by atoms with Crippen molar-refractivity contribution in [2.45, 2.75) is 19.1 Å². The Hall–Kier alpha value is -0.660. The highest BCUT2D eigenvalue weighted by Gasteiger charge is 2.30. The molecule has 1 saturated heterocycles. The van der Waals surface area contributed by atoms with Gasteiger partial charge in [-0.05, 0) is 19.4 Å². The fourth-order valence-corrected chi connectivity index (χ4v) is 2.62. The number of hydrogen-bond acceptors (Lipinski definition) is 5.